The van der Waals surface area contributed by atoms with Crippen LogP contribution in [0.15, 0.2) is 34.0 Å². The van der Waals surface area contributed by atoms with Crippen LogP contribution < -0.4 is 16.0 Å². The molecule has 1 atom stereocenters. The topological polar surface area (TPSA) is 100 Å². The second-order valence-electron chi connectivity index (χ2n) is 6.25. The van der Waals surface area contributed by atoms with Gasteiger partial charge in [-0.05, 0) is 37.6 Å². The summed E-state index contributed by atoms with van der Waals surface area (Å²) in [5, 5.41) is 10.2. The molecule has 0 saturated heterocycles. The molecular weight excluding hydrogens is 396 g/mol. The van der Waals surface area contributed by atoms with Crippen LogP contribution in [0.25, 0.3) is 0 Å². The Morgan fingerprint density at radius 3 is 2.36 bits per heavy atom. The highest BCUT2D eigenvalue weighted by atomic mass is 32.2. The Balaban J connectivity index is 1.77. The van der Waals surface area contributed by atoms with Crippen molar-refractivity contribution in [2.45, 2.75) is 44.0 Å². The summed E-state index contributed by atoms with van der Waals surface area (Å²) in [6.45, 7) is 5.42. The van der Waals surface area contributed by atoms with E-state index in [2.05, 4.69) is 20.9 Å². The highest BCUT2D eigenvalue weighted by Gasteiger charge is 2.11. The number of hydrogen-bond donors (Lipinski definition) is 3. The molecule has 2 rings (SSSR count). The number of rotatable bonds is 9. The molecule has 0 aliphatic heterocycles. The van der Waals surface area contributed by atoms with E-state index in [0.29, 0.717) is 17.1 Å². The molecule has 7 nitrogen and oxygen atoms in total. The number of amides is 3. The average molecular weight is 421 g/mol. The molecule has 1 aromatic heterocycles. The third kappa shape index (κ3) is 7.69. The molecule has 3 amide bonds. The van der Waals surface area contributed by atoms with Crippen LogP contribution in [0.3, 0.4) is 0 Å². The lowest BCUT2D eigenvalue weighted by Gasteiger charge is -2.10. The first-order valence-electron chi connectivity index (χ1n) is 8.89. The molecule has 1 heterocycles. The fourth-order valence-corrected chi connectivity index (χ4v) is 3.84. The number of hydrogen-bond acceptors (Lipinski definition) is 6. The predicted octanol–water partition coefficient (Wildman–Crippen LogP) is 3.29. The maximum atomic E-state index is 12.1. The number of aromatic nitrogens is 1. The fraction of sp³-hybridized carbons (Fsp3) is 0.368. The maximum Gasteiger partial charge on any atom is 0.234 e. The van der Waals surface area contributed by atoms with Gasteiger partial charge >= 0.3 is 0 Å². The summed E-state index contributed by atoms with van der Waals surface area (Å²) in [7, 11) is 0. The Morgan fingerprint density at radius 1 is 1.11 bits per heavy atom. The van der Waals surface area contributed by atoms with Crippen LogP contribution in [-0.4, -0.2) is 34.5 Å². The van der Waals surface area contributed by atoms with Gasteiger partial charge in [-0.25, -0.2) is 4.98 Å². The van der Waals surface area contributed by atoms with Gasteiger partial charge in [-0.3, -0.25) is 14.4 Å². The molecule has 1 aromatic carbocycles. The van der Waals surface area contributed by atoms with Gasteiger partial charge in [0, 0.05) is 29.7 Å². The summed E-state index contributed by atoms with van der Waals surface area (Å²) in [6, 6.07) is 7.05. The SMILES string of the molecule is CCC(C)NC(=O)Cc1csc(SCC(=O)Nc2ccc(NC(C)=O)cc2)n1. The first kappa shape index (κ1) is 21.9. The normalized spacial score (nSPS) is 11.5. The number of carbonyl (C=O) groups excluding carboxylic acids is 3. The van der Waals surface area contributed by atoms with Gasteiger partial charge in [0.25, 0.3) is 0 Å². The van der Waals surface area contributed by atoms with Gasteiger partial charge in [-0.2, -0.15) is 0 Å². The summed E-state index contributed by atoms with van der Waals surface area (Å²) in [4.78, 5) is 39.4. The summed E-state index contributed by atoms with van der Waals surface area (Å²) >= 11 is 2.76. The zero-order valence-corrected chi connectivity index (χ0v) is 17.7. The summed E-state index contributed by atoms with van der Waals surface area (Å²) in [6.07, 6.45) is 1.13. The van der Waals surface area contributed by atoms with Crippen molar-refractivity contribution in [2.75, 3.05) is 16.4 Å². The summed E-state index contributed by atoms with van der Waals surface area (Å²) in [5.74, 6) is -0.118. The van der Waals surface area contributed by atoms with Crippen LogP contribution in [0, 0.1) is 0 Å². The second kappa shape index (κ2) is 10.8. The molecule has 0 bridgehead atoms. The molecule has 9 heteroatoms. The van der Waals surface area contributed by atoms with Crippen molar-refractivity contribution < 1.29 is 14.4 Å². The number of nitrogens with zero attached hydrogens (tertiary/aromatic N) is 1. The van der Waals surface area contributed by atoms with Crippen molar-refractivity contribution >= 4 is 52.2 Å². The van der Waals surface area contributed by atoms with E-state index >= 15 is 0 Å². The lowest BCUT2D eigenvalue weighted by atomic mass is 10.2. The molecule has 3 N–H and O–H groups in total. The molecule has 0 spiro atoms. The van der Waals surface area contributed by atoms with E-state index < -0.39 is 0 Å². The molecule has 0 fully saturated rings. The summed E-state index contributed by atoms with van der Waals surface area (Å²) < 4.78 is 0.752. The Hall–Kier alpha value is -2.39. The zero-order chi connectivity index (χ0) is 20.5. The van der Waals surface area contributed by atoms with Gasteiger partial charge < -0.3 is 16.0 Å². The van der Waals surface area contributed by atoms with Gasteiger partial charge in [0.15, 0.2) is 4.34 Å². The third-order valence-corrected chi connectivity index (χ3v) is 5.78. The van der Waals surface area contributed by atoms with E-state index in [1.54, 1.807) is 24.3 Å². The number of anilines is 2. The Bertz CT molecular complexity index is 821. The number of thiazole rings is 1. The zero-order valence-electron chi connectivity index (χ0n) is 16.1. The molecule has 0 aliphatic carbocycles. The van der Waals surface area contributed by atoms with Crippen molar-refractivity contribution in [3.05, 3.63) is 35.3 Å². The maximum absolute atomic E-state index is 12.1. The van der Waals surface area contributed by atoms with Gasteiger partial charge in [0.05, 0.1) is 17.9 Å². The van der Waals surface area contributed by atoms with Crippen LogP contribution in [0.2, 0.25) is 0 Å². The number of benzene rings is 1. The van der Waals surface area contributed by atoms with E-state index in [4.69, 9.17) is 0 Å². The number of thioether (sulfide) groups is 1. The smallest absolute Gasteiger partial charge is 0.234 e. The van der Waals surface area contributed by atoms with Crippen LogP contribution in [0.1, 0.15) is 32.9 Å². The first-order valence-corrected chi connectivity index (χ1v) is 10.8. The molecule has 150 valence electrons. The molecule has 1 unspecified atom stereocenters. The average Bonchev–Trinajstić information content (AvgIpc) is 3.08. The largest absolute Gasteiger partial charge is 0.353 e. The van der Waals surface area contributed by atoms with E-state index in [1.807, 2.05) is 19.2 Å². The van der Waals surface area contributed by atoms with Gasteiger partial charge in [0.2, 0.25) is 17.7 Å². The minimum atomic E-state index is -0.149. The lowest BCUT2D eigenvalue weighted by Crippen LogP contribution is -2.33. The monoisotopic (exact) mass is 420 g/mol. The second-order valence-corrected chi connectivity index (χ2v) is 8.33. The van der Waals surface area contributed by atoms with Gasteiger partial charge in [-0.1, -0.05) is 18.7 Å². The predicted molar refractivity (Wildman–Crippen MR) is 114 cm³/mol. The minimum absolute atomic E-state index is 0.0448. The van der Waals surface area contributed by atoms with Crippen molar-refractivity contribution in [1.82, 2.24) is 10.3 Å². The Kier molecular flexibility index (Phi) is 8.46. The van der Waals surface area contributed by atoms with Crippen LogP contribution >= 0.6 is 23.1 Å². The fourth-order valence-electron chi connectivity index (χ4n) is 2.19. The van der Waals surface area contributed by atoms with Gasteiger partial charge in [0.1, 0.15) is 0 Å². The van der Waals surface area contributed by atoms with Crippen molar-refractivity contribution in [3.63, 3.8) is 0 Å². The molecule has 0 saturated carbocycles. The quantitative estimate of drug-likeness (QED) is 0.541. The number of nitrogens with one attached hydrogen (secondary N) is 3. The van der Waals surface area contributed by atoms with E-state index in [9.17, 15) is 14.4 Å². The van der Waals surface area contributed by atoms with Crippen LogP contribution in [-0.2, 0) is 20.8 Å². The standard InChI is InChI=1S/C19H24N4O3S2/c1-4-12(2)20-17(25)9-16-10-27-19(23-16)28-11-18(26)22-15-7-5-14(6-8-15)21-13(3)24/h5-8,10,12H,4,9,11H2,1-3H3,(H,20,25)(H,21,24)(H,22,26). The molecular formula is C19H24N4O3S2. The molecule has 0 radical (unpaired) electrons. The first-order chi connectivity index (χ1) is 13.4. The van der Waals surface area contributed by atoms with E-state index in [-0.39, 0.29) is 35.9 Å². The van der Waals surface area contributed by atoms with Gasteiger partial charge in [-0.15, -0.1) is 11.3 Å². The van der Waals surface area contributed by atoms with Crippen molar-refractivity contribution in [2.24, 2.45) is 0 Å². The summed E-state index contributed by atoms with van der Waals surface area (Å²) in [5.41, 5.74) is 2.04. The Labute approximate surface area is 172 Å². The minimum Gasteiger partial charge on any atom is -0.353 e. The third-order valence-electron chi connectivity index (χ3n) is 3.71. The highest BCUT2D eigenvalue weighted by Crippen LogP contribution is 2.23. The lowest BCUT2D eigenvalue weighted by molar-refractivity contribution is -0.121. The molecule has 28 heavy (non-hydrogen) atoms. The van der Waals surface area contributed by atoms with Crippen molar-refractivity contribution in [1.29, 1.82) is 0 Å². The van der Waals surface area contributed by atoms with Crippen molar-refractivity contribution in [3.8, 4) is 0 Å². The number of carbonyl (C=O) groups is 3. The Morgan fingerprint density at radius 2 is 1.75 bits per heavy atom. The van der Waals surface area contributed by atoms with E-state index in [1.165, 1.54) is 30.0 Å². The molecule has 0 aliphatic rings. The van der Waals surface area contributed by atoms with Crippen LogP contribution in [0.5, 0.6) is 0 Å². The molecule has 2 aromatic rings. The van der Waals surface area contributed by atoms with E-state index in [0.717, 1.165) is 10.8 Å². The highest BCUT2D eigenvalue weighted by molar-refractivity contribution is 8.01. The van der Waals surface area contributed by atoms with Crippen LogP contribution in [0.4, 0.5) is 11.4 Å².